The SMILES string of the molecule is CCCNC(=O)N(Cc1ccco1)Cc1c(-c2ccccc2)nn(C)c1Oc1cccc(C)c1. The summed E-state index contributed by atoms with van der Waals surface area (Å²) >= 11 is 0. The van der Waals surface area contributed by atoms with Gasteiger partial charge in [-0.2, -0.15) is 5.10 Å². The first kappa shape index (κ1) is 23.2. The first-order valence-electron chi connectivity index (χ1n) is 11.5. The van der Waals surface area contributed by atoms with E-state index in [0.717, 1.165) is 34.6 Å². The molecule has 0 fully saturated rings. The number of rotatable bonds is 9. The van der Waals surface area contributed by atoms with Crippen molar-refractivity contribution in [3.05, 3.63) is 89.9 Å². The van der Waals surface area contributed by atoms with Crippen LogP contribution in [0.4, 0.5) is 4.79 Å². The number of benzene rings is 2. The Balaban J connectivity index is 1.75. The normalized spacial score (nSPS) is 10.8. The molecule has 2 aromatic carbocycles. The highest BCUT2D eigenvalue weighted by molar-refractivity contribution is 5.75. The quantitative estimate of drug-likeness (QED) is 0.339. The van der Waals surface area contributed by atoms with Crippen LogP contribution >= 0.6 is 0 Å². The van der Waals surface area contributed by atoms with E-state index < -0.39 is 0 Å². The van der Waals surface area contributed by atoms with Gasteiger partial charge in [0.05, 0.1) is 24.9 Å². The Hall–Kier alpha value is -4.00. The van der Waals surface area contributed by atoms with Gasteiger partial charge in [-0.15, -0.1) is 0 Å². The molecule has 7 nitrogen and oxygen atoms in total. The van der Waals surface area contributed by atoms with Crippen LogP contribution in [0.2, 0.25) is 0 Å². The van der Waals surface area contributed by atoms with Gasteiger partial charge in [-0.3, -0.25) is 0 Å². The van der Waals surface area contributed by atoms with Gasteiger partial charge in [0, 0.05) is 19.2 Å². The monoisotopic (exact) mass is 458 g/mol. The Morgan fingerprint density at radius 2 is 1.91 bits per heavy atom. The van der Waals surface area contributed by atoms with Crippen molar-refractivity contribution in [2.75, 3.05) is 6.54 Å². The molecule has 0 spiro atoms. The first-order chi connectivity index (χ1) is 16.5. The molecule has 4 rings (SSSR count). The minimum Gasteiger partial charge on any atom is -0.467 e. The lowest BCUT2D eigenvalue weighted by atomic mass is 10.1. The van der Waals surface area contributed by atoms with Crippen LogP contribution in [0.5, 0.6) is 11.6 Å². The molecule has 1 N–H and O–H groups in total. The summed E-state index contributed by atoms with van der Waals surface area (Å²) in [6.45, 7) is 5.28. The number of aromatic nitrogens is 2. The summed E-state index contributed by atoms with van der Waals surface area (Å²) in [4.78, 5) is 14.8. The number of hydrogen-bond donors (Lipinski definition) is 1. The van der Waals surface area contributed by atoms with E-state index in [1.165, 1.54) is 0 Å². The Bertz CT molecular complexity index is 1220. The standard InChI is InChI=1S/C27H30N4O3/c1-4-15-28-27(32)31(18-23-14-9-16-33-23)19-24-25(21-11-6-5-7-12-21)29-30(3)26(24)34-22-13-8-10-20(2)17-22/h5-14,16-17H,4,15,18-19H2,1-3H3,(H,28,32). The molecule has 0 unspecified atom stereocenters. The highest BCUT2D eigenvalue weighted by Crippen LogP contribution is 2.34. The average molecular weight is 459 g/mol. The van der Waals surface area contributed by atoms with E-state index in [-0.39, 0.29) is 6.03 Å². The molecule has 0 aliphatic carbocycles. The fraction of sp³-hybridized carbons (Fsp3) is 0.259. The maximum absolute atomic E-state index is 13.1. The zero-order chi connectivity index (χ0) is 23.9. The fourth-order valence-corrected chi connectivity index (χ4v) is 3.77. The fourth-order valence-electron chi connectivity index (χ4n) is 3.77. The number of nitrogens with one attached hydrogen (secondary N) is 1. The van der Waals surface area contributed by atoms with Crippen molar-refractivity contribution >= 4 is 6.03 Å². The molecule has 7 heteroatoms. The molecular formula is C27H30N4O3. The van der Waals surface area contributed by atoms with Gasteiger partial charge in [0.2, 0.25) is 5.88 Å². The molecule has 2 amide bonds. The number of aryl methyl sites for hydroxylation is 2. The number of carbonyl (C=O) groups excluding carboxylic acids is 1. The maximum atomic E-state index is 13.1. The first-order valence-corrected chi connectivity index (χ1v) is 11.5. The second-order valence-corrected chi connectivity index (χ2v) is 8.21. The van der Waals surface area contributed by atoms with Crippen LogP contribution in [-0.4, -0.2) is 27.3 Å². The summed E-state index contributed by atoms with van der Waals surface area (Å²) in [6.07, 6.45) is 2.47. The van der Waals surface area contributed by atoms with Crippen molar-refractivity contribution in [1.29, 1.82) is 0 Å². The molecule has 0 saturated heterocycles. The predicted octanol–water partition coefficient (Wildman–Crippen LogP) is 5.90. The summed E-state index contributed by atoms with van der Waals surface area (Å²) in [5.41, 5.74) is 3.66. The summed E-state index contributed by atoms with van der Waals surface area (Å²) < 4.78 is 13.6. The third kappa shape index (κ3) is 5.49. The second-order valence-electron chi connectivity index (χ2n) is 8.21. The van der Waals surface area contributed by atoms with Crippen LogP contribution in [0.25, 0.3) is 11.3 Å². The Labute approximate surface area is 200 Å². The zero-order valence-electron chi connectivity index (χ0n) is 19.8. The van der Waals surface area contributed by atoms with E-state index in [4.69, 9.17) is 14.3 Å². The number of furan rings is 1. The Morgan fingerprint density at radius 1 is 1.09 bits per heavy atom. The highest BCUT2D eigenvalue weighted by Gasteiger charge is 2.25. The summed E-state index contributed by atoms with van der Waals surface area (Å²) in [6, 6.07) is 21.3. The number of amides is 2. The molecular weight excluding hydrogens is 428 g/mol. The predicted molar refractivity (Wildman–Crippen MR) is 132 cm³/mol. The molecule has 4 aromatic rings. The minimum atomic E-state index is -0.164. The van der Waals surface area contributed by atoms with Gasteiger partial charge in [0.1, 0.15) is 17.2 Å². The van der Waals surface area contributed by atoms with Crippen molar-refractivity contribution in [2.24, 2.45) is 7.05 Å². The van der Waals surface area contributed by atoms with Crippen LogP contribution < -0.4 is 10.1 Å². The topological polar surface area (TPSA) is 72.5 Å². The molecule has 176 valence electrons. The van der Waals surface area contributed by atoms with E-state index in [2.05, 4.69) is 5.32 Å². The zero-order valence-corrected chi connectivity index (χ0v) is 19.8. The number of carbonyl (C=O) groups is 1. The van der Waals surface area contributed by atoms with Gasteiger partial charge in [-0.1, -0.05) is 49.4 Å². The summed E-state index contributed by atoms with van der Waals surface area (Å²) in [7, 11) is 1.86. The molecule has 0 atom stereocenters. The summed E-state index contributed by atoms with van der Waals surface area (Å²) in [5, 5.41) is 7.77. The van der Waals surface area contributed by atoms with Gasteiger partial charge in [-0.05, 0) is 43.2 Å². The highest BCUT2D eigenvalue weighted by atomic mass is 16.5. The maximum Gasteiger partial charge on any atom is 0.318 e. The largest absolute Gasteiger partial charge is 0.467 e. The number of hydrogen-bond acceptors (Lipinski definition) is 4. The van der Waals surface area contributed by atoms with Crippen molar-refractivity contribution in [1.82, 2.24) is 20.0 Å². The van der Waals surface area contributed by atoms with E-state index in [1.54, 1.807) is 15.8 Å². The summed E-state index contributed by atoms with van der Waals surface area (Å²) in [5.74, 6) is 2.02. The molecule has 0 aliphatic rings. The van der Waals surface area contributed by atoms with Gasteiger partial charge < -0.3 is 19.4 Å². The number of nitrogens with zero attached hydrogens (tertiary/aromatic N) is 3. The number of urea groups is 1. The van der Waals surface area contributed by atoms with E-state index in [1.807, 2.05) is 87.6 Å². The molecule has 2 aromatic heterocycles. The number of ether oxygens (including phenoxy) is 1. The molecule has 0 saturated carbocycles. The lowest BCUT2D eigenvalue weighted by Gasteiger charge is -2.23. The van der Waals surface area contributed by atoms with Crippen molar-refractivity contribution in [3.8, 4) is 22.9 Å². The molecule has 0 radical (unpaired) electrons. The smallest absolute Gasteiger partial charge is 0.318 e. The van der Waals surface area contributed by atoms with Gasteiger partial charge in [-0.25, -0.2) is 9.48 Å². The van der Waals surface area contributed by atoms with Gasteiger partial charge >= 0.3 is 6.03 Å². The Kier molecular flexibility index (Phi) is 7.32. The average Bonchev–Trinajstić information content (AvgIpc) is 3.46. The van der Waals surface area contributed by atoms with Gasteiger partial charge in [0.25, 0.3) is 0 Å². The van der Waals surface area contributed by atoms with Crippen LogP contribution in [0.1, 0.15) is 30.2 Å². The van der Waals surface area contributed by atoms with E-state index in [0.29, 0.717) is 31.3 Å². The van der Waals surface area contributed by atoms with Crippen LogP contribution in [-0.2, 0) is 20.1 Å². The lowest BCUT2D eigenvalue weighted by Crippen LogP contribution is -2.39. The van der Waals surface area contributed by atoms with Crippen LogP contribution in [0.15, 0.2) is 77.4 Å². The third-order valence-corrected chi connectivity index (χ3v) is 5.43. The van der Waals surface area contributed by atoms with Crippen molar-refractivity contribution in [3.63, 3.8) is 0 Å². The molecule has 0 bridgehead atoms. The minimum absolute atomic E-state index is 0.164. The van der Waals surface area contributed by atoms with Crippen LogP contribution in [0.3, 0.4) is 0 Å². The van der Waals surface area contributed by atoms with Crippen LogP contribution in [0, 0.1) is 6.92 Å². The lowest BCUT2D eigenvalue weighted by molar-refractivity contribution is 0.187. The van der Waals surface area contributed by atoms with Crippen molar-refractivity contribution in [2.45, 2.75) is 33.4 Å². The second kappa shape index (κ2) is 10.7. The Morgan fingerprint density at radius 3 is 2.62 bits per heavy atom. The third-order valence-electron chi connectivity index (χ3n) is 5.43. The van der Waals surface area contributed by atoms with Crippen molar-refractivity contribution < 1.29 is 13.9 Å². The van der Waals surface area contributed by atoms with E-state index in [9.17, 15) is 4.79 Å². The molecule has 0 aliphatic heterocycles. The molecule has 2 heterocycles. The molecule has 34 heavy (non-hydrogen) atoms. The van der Waals surface area contributed by atoms with Gasteiger partial charge in [0.15, 0.2) is 0 Å². The van der Waals surface area contributed by atoms with E-state index >= 15 is 0 Å².